The van der Waals surface area contributed by atoms with Crippen LogP contribution in [-0.2, 0) is 11.8 Å². The second-order valence-electron chi connectivity index (χ2n) is 4.81. The van der Waals surface area contributed by atoms with Crippen LogP contribution in [0.4, 0.5) is 5.95 Å². The maximum Gasteiger partial charge on any atom is 0.332 e. The number of aromatic amines is 1. The second-order valence-corrected chi connectivity index (χ2v) is 4.81. The van der Waals surface area contributed by atoms with Gasteiger partial charge in [-0.05, 0) is 12.8 Å². The molecule has 1 fully saturated rings. The number of H-pyrrole nitrogens is 1. The Morgan fingerprint density at radius 3 is 2.90 bits per heavy atom. The molecule has 20 heavy (non-hydrogen) atoms. The van der Waals surface area contributed by atoms with Crippen LogP contribution < -0.4 is 17.0 Å². The van der Waals surface area contributed by atoms with Gasteiger partial charge >= 0.3 is 5.69 Å². The molecule has 0 aliphatic carbocycles. The summed E-state index contributed by atoms with van der Waals surface area (Å²) in [4.78, 5) is 30.6. The van der Waals surface area contributed by atoms with Crippen LogP contribution in [0.5, 0.6) is 0 Å². The summed E-state index contributed by atoms with van der Waals surface area (Å²) in [7, 11) is 1.49. The molecule has 0 radical (unpaired) electrons. The van der Waals surface area contributed by atoms with Crippen molar-refractivity contribution >= 4 is 17.1 Å². The zero-order valence-corrected chi connectivity index (χ0v) is 10.9. The number of nitrogen functional groups attached to an aromatic ring is 1. The number of nitrogens with one attached hydrogen (secondary N) is 1. The maximum absolute atomic E-state index is 12.3. The highest BCUT2D eigenvalue weighted by Crippen LogP contribution is 2.28. The number of aliphatic hydroxyl groups is 1. The third-order valence-corrected chi connectivity index (χ3v) is 3.53. The van der Waals surface area contributed by atoms with E-state index in [9.17, 15) is 9.59 Å². The molecule has 3 rings (SSSR count). The molecular weight excluding hydrogens is 266 g/mol. The van der Waals surface area contributed by atoms with Crippen LogP contribution in [0, 0.1) is 0 Å². The van der Waals surface area contributed by atoms with Crippen LogP contribution in [0.15, 0.2) is 9.59 Å². The minimum absolute atomic E-state index is 0.0569. The van der Waals surface area contributed by atoms with E-state index in [4.69, 9.17) is 15.6 Å². The number of aromatic nitrogens is 4. The first-order valence-electron chi connectivity index (χ1n) is 6.26. The Labute approximate surface area is 112 Å². The number of nitrogens with zero attached hydrogens (tertiary/aromatic N) is 3. The lowest BCUT2D eigenvalue weighted by Gasteiger charge is -2.13. The molecule has 0 unspecified atom stereocenters. The Morgan fingerprint density at radius 2 is 2.25 bits per heavy atom. The maximum atomic E-state index is 12.3. The summed E-state index contributed by atoms with van der Waals surface area (Å²) in [6.45, 7) is -0.105. The first kappa shape index (κ1) is 12.9. The molecule has 9 nitrogen and oxygen atoms in total. The lowest BCUT2D eigenvalue weighted by molar-refractivity contribution is -0.0223. The molecule has 0 saturated carbocycles. The van der Waals surface area contributed by atoms with E-state index in [-0.39, 0.29) is 29.8 Å². The van der Waals surface area contributed by atoms with Gasteiger partial charge in [0.2, 0.25) is 5.95 Å². The van der Waals surface area contributed by atoms with Crippen molar-refractivity contribution in [2.45, 2.75) is 25.2 Å². The topological polar surface area (TPSA) is 128 Å². The summed E-state index contributed by atoms with van der Waals surface area (Å²) < 4.78 is 8.12. The minimum Gasteiger partial charge on any atom is -0.394 e. The van der Waals surface area contributed by atoms with Gasteiger partial charge in [-0.25, -0.2) is 9.36 Å². The van der Waals surface area contributed by atoms with Crippen LogP contribution in [0.1, 0.15) is 19.1 Å². The Hall–Kier alpha value is -2.13. The number of anilines is 1. The van der Waals surface area contributed by atoms with Crippen LogP contribution >= 0.6 is 0 Å². The number of ether oxygens (including phenoxy) is 1. The van der Waals surface area contributed by atoms with Crippen molar-refractivity contribution in [3.05, 3.63) is 20.8 Å². The molecule has 1 saturated heterocycles. The Bertz CT molecular complexity index is 773. The zero-order chi connectivity index (χ0) is 14.4. The van der Waals surface area contributed by atoms with Crippen molar-refractivity contribution in [3.8, 4) is 0 Å². The van der Waals surface area contributed by atoms with Crippen LogP contribution in [-0.4, -0.2) is 36.9 Å². The summed E-state index contributed by atoms with van der Waals surface area (Å²) >= 11 is 0. The van der Waals surface area contributed by atoms with E-state index in [1.54, 1.807) is 0 Å². The van der Waals surface area contributed by atoms with E-state index in [0.29, 0.717) is 12.8 Å². The molecule has 2 atom stereocenters. The molecule has 4 N–H and O–H groups in total. The van der Waals surface area contributed by atoms with E-state index in [1.807, 2.05) is 0 Å². The molecule has 2 aromatic rings. The average molecular weight is 281 g/mol. The van der Waals surface area contributed by atoms with Crippen LogP contribution in [0.3, 0.4) is 0 Å². The highest BCUT2D eigenvalue weighted by molar-refractivity contribution is 5.71. The summed E-state index contributed by atoms with van der Waals surface area (Å²) in [6.07, 6.45) is 0.361. The lowest BCUT2D eigenvalue weighted by Crippen LogP contribution is -2.27. The monoisotopic (exact) mass is 281 g/mol. The first-order chi connectivity index (χ1) is 9.52. The van der Waals surface area contributed by atoms with Gasteiger partial charge in [0.25, 0.3) is 5.56 Å². The number of imidazole rings is 1. The number of hydrogen-bond donors (Lipinski definition) is 3. The van der Waals surface area contributed by atoms with E-state index < -0.39 is 17.5 Å². The van der Waals surface area contributed by atoms with E-state index >= 15 is 0 Å². The molecule has 2 aromatic heterocycles. The average Bonchev–Trinajstić information content (AvgIpc) is 2.94. The minimum atomic E-state index is -0.544. The number of aliphatic hydroxyl groups excluding tert-OH is 1. The van der Waals surface area contributed by atoms with Crippen molar-refractivity contribution in [1.82, 2.24) is 19.1 Å². The Balaban J connectivity index is 2.24. The van der Waals surface area contributed by atoms with Gasteiger partial charge in [-0.15, -0.1) is 0 Å². The Morgan fingerprint density at radius 1 is 1.50 bits per heavy atom. The largest absolute Gasteiger partial charge is 0.394 e. The quantitative estimate of drug-likeness (QED) is 0.626. The van der Waals surface area contributed by atoms with Gasteiger partial charge in [0.05, 0.1) is 12.7 Å². The fraction of sp³-hybridized carbons (Fsp3) is 0.545. The molecule has 0 bridgehead atoms. The highest BCUT2D eigenvalue weighted by atomic mass is 16.5. The predicted octanol–water partition coefficient (Wildman–Crippen LogP) is -1.32. The number of nitrogens with two attached hydrogens (primary N) is 1. The number of hydrogen-bond acceptors (Lipinski definition) is 6. The molecule has 0 spiro atoms. The summed E-state index contributed by atoms with van der Waals surface area (Å²) in [5, 5.41) is 9.10. The van der Waals surface area contributed by atoms with Gasteiger partial charge < -0.3 is 15.6 Å². The summed E-state index contributed by atoms with van der Waals surface area (Å²) in [5.74, 6) is -0.0569. The van der Waals surface area contributed by atoms with E-state index in [0.717, 1.165) is 0 Å². The van der Waals surface area contributed by atoms with Crippen molar-refractivity contribution in [3.63, 3.8) is 0 Å². The standard InChI is InChI=1S/C11H15N5O4/c1-15-7-8(13-10(12)14-9(7)18)16(11(15)19)6-3-2-5(4-17)20-6/h5-6,17H,2-4H2,1H3,(H3,12,13,14,18)/t5-,6+/m0/s1. The molecular formula is C11H15N5O4. The number of fused-ring (bicyclic) bond motifs is 1. The third kappa shape index (κ3) is 1.74. The lowest BCUT2D eigenvalue weighted by atomic mass is 10.2. The fourth-order valence-corrected chi connectivity index (χ4v) is 2.56. The van der Waals surface area contributed by atoms with Gasteiger partial charge in [0, 0.05) is 7.05 Å². The molecule has 0 amide bonds. The van der Waals surface area contributed by atoms with E-state index in [2.05, 4.69) is 9.97 Å². The molecule has 1 aliphatic rings. The van der Waals surface area contributed by atoms with Crippen molar-refractivity contribution in [2.24, 2.45) is 7.05 Å². The van der Waals surface area contributed by atoms with Crippen LogP contribution in [0.25, 0.3) is 11.2 Å². The van der Waals surface area contributed by atoms with Gasteiger partial charge in [0.1, 0.15) is 6.23 Å². The number of aryl methyl sites for hydroxylation is 1. The van der Waals surface area contributed by atoms with E-state index in [1.165, 1.54) is 16.2 Å². The predicted molar refractivity (Wildman–Crippen MR) is 70.2 cm³/mol. The SMILES string of the molecule is Cn1c(=O)n([C@H]2CC[C@@H](CO)O2)c2nc(N)[nH]c(=O)c21. The smallest absolute Gasteiger partial charge is 0.332 e. The van der Waals surface area contributed by atoms with Crippen molar-refractivity contribution in [1.29, 1.82) is 0 Å². The molecule has 3 heterocycles. The normalized spacial score (nSPS) is 22.7. The second kappa shape index (κ2) is 4.46. The highest BCUT2D eigenvalue weighted by Gasteiger charge is 2.30. The third-order valence-electron chi connectivity index (χ3n) is 3.53. The van der Waals surface area contributed by atoms with Crippen molar-refractivity contribution in [2.75, 3.05) is 12.3 Å². The number of rotatable bonds is 2. The van der Waals surface area contributed by atoms with Gasteiger partial charge in [0.15, 0.2) is 11.2 Å². The summed E-state index contributed by atoms with van der Waals surface area (Å²) in [6, 6.07) is 0. The molecule has 108 valence electrons. The van der Waals surface area contributed by atoms with Crippen LogP contribution in [0.2, 0.25) is 0 Å². The molecule has 9 heteroatoms. The van der Waals surface area contributed by atoms with Crippen molar-refractivity contribution < 1.29 is 9.84 Å². The van der Waals surface area contributed by atoms with Gasteiger partial charge in [-0.2, -0.15) is 4.98 Å². The molecule has 0 aromatic carbocycles. The Kier molecular flexibility index (Phi) is 2.87. The fourth-order valence-electron chi connectivity index (χ4n) is 2.56. The zero-order valence-electron chi connectivity index (χ0n) is 10.9. The summed E-state index contributed by atoms with van der Waals surface area (Å²) in [5.41, 5.74) is 5.02. The first-order valence-corrected chi connectivity index (χ1v) is 6.26. The van der Waals surface area contributed by atoms with Gasteiger partial charge in [-0.1, -0.05) is 0 Å². The van der Waals surface area contributed by atoms with Gasteiger partial charge in [-0.3, -0.25) is 14.3 Å². The molecule has 1 aliphatic heterocycles.